The van der Waals surface area contributed by atoms with Gasteiger partial charge in [-0.1, -0.05) is 26.0 Å². The van der Waals surface area contributed by atoms with Crippen LogP contribution in [0.15, 0.2) is 24.3 Å². The Bertz CT molecular complexity index is 792. The third-order valence-electron chi connectivity index (χ3n) is 4.43. The maximum atomic E-state index is 12.7. The number of carbonyl (C=O) groups excluding carboxylic acids is 4. The number of benzene rings is 1. The summed E-state index contributed by atoms with van der Waals surface area (Å²) >= 11 is 0. The summed E-state index contributed by atoms with van der Waals surface area (Å²) in [7, 11) is 1.50. The van der Waals surface area contributed by atoms with Gasteiger partial charge in [-0.15, -0.1) is 0 Å². The van der Waals surface area contributed by atoms with Gasteiger partial charge in [-0.2, -0.15) is 5.26 Å². The number of hydrogen-bond donors (Lipinski definition) is 0. The zero-order valence-corrected chi connectivity index (χ0v) is 16.2. The predicted octanol–water partition coefficient (Wildman–Crippen LogP) is 1.61. The average molecular weight is 385 g/mol. The van der Waals surface area contributed by atoms with Crippen LogP contribution in [0.5, 0.6) is 0 Å². The number of esters is 1. The van der Waals surface area contributed by atoms with E-state index < -0.39 is 36.3 Å². The zero-order valence-electron chi connectivity index (χ0n) is 16.2. The Kier molecular flexibility index (Phi) is 6.88. The Labute approximate surface area is 163 Å². The molecule has 1 aromatic rings. The summed E-state index contributed by atoms with van der Waals surface area (Å²) in [5.41, 5.74) is 0.503. The Morgan fingerprint density at radius 1 is 1.18 bits per heavy atom. The van der Waals surface area contributed by atoms with Crippen LogP contribution in [-0.2, 0) is 14.3 Å². The third-order valence-corrected chi connectivity index (χ3v) is 4.43. The summed E-state index contributed by atoms with van der Waals surface area (Å²) in [4.78, 5) is 52.3. The summed E-state index contributed by atoms with van der Waals surface area (Å²) in [6.07, 6.45) is 0.393. The van der Waals surface area contributed by atoms with E-state index in [4.69, 9.17) is 10.00 Å². The van der Waals surface area contributed by atoms with Crippen molar-refractivity contribution in [3.63, 3.8) is 0 Å². The molecule has 0 fully saturated rings. The Morgan fingerprint density at radius 2 is 1.75 bits per heavy atom. The van der Waals surface area contributed by atoms with Gasteiger partial charge in [-0.25, -0.2) is 4.79 Å². The minimum absolute atomic E-state index is 0.0101. The van der Waals surface area contributed by atoms with Crippen molar-refractivity contribution in [3.8, 4) is 6.07 Å². The number of fused-ring (bicyclic) bond motifs is 1. The highest BCUT2D eigenvalue weighted by Gasteiger charge is 2.43. The minimum Gasteiger partial charge on any atom is -0.454 e. The van der Waals surface area contributed by atoms with Crippen LogP contribution in [0.3, 0.4) is 0 Å². The molecule has 0 radical (unpaired) electrons. The lowest BCUT2D eigenvalue weighted by Crippen LogP contribution is -2.47. The molecule has 1 aromatic carbocycles. The number of ether oxygens (including phenoxy) is 1. The van der Waals surface area contributed by atoms with Crippen LogP contribution in [-0.4, -0.2) is 59.7 Å². The second kappa shape index (κ2) is 9.13. The predicted molar refractivity (Wildman–Crippen MR) is 99.0 cm³/mol. The van der Waals surface area contributed by atoms with E-state index in [1.807, 2.05) is 19.9 Å². The molecular weight excluding hydrogens is 362 g/mol. The van der Waals surface area contributed by atoms with Crippen molar-refractivity contribution in [1.82, 2.24) is 9.80 Å². The number of nitriles is 1. The van der Waals surface area contributed by atoms with E-state index in [9.17, 15) is 19.2 Å². The number of imide groups is 1. The van der Waals surface area contributed by atoms with Crippen LogP contribution < -0.4 is 0 Å². The van der Waals surface area contributed by atoms with E-state index in [0.29, 0.717) is 0 Å². The lowest BCUT2D eigenvalue weighted by molar-refractivity contribution is -0.155. The molecule has 3 amide bonds. The molecule has 0 unspecified atom stereocenters. The molecule has 8 nitrogen and oxygen atoms in total. The van der Waals surface area contributed by atoms with Gasteiger partial charge in [0.15, 0.2) is 6.61 Å². The molecule has 0 aliphatic carbocycles. The lowest BCUT2D eigenvalue weighted by Gasteiger charge is -2.26. The van der Waals surface area contributed by atoms with E-state index >= 15 is 0 Å². The van der Waals surface area contributed by atoms with Gasteiger partial charge < -0.3 is 9.64 Å². The van der Waals surface area contributed by atoms with Gasteiger partial charge in [0.2, 0.25) is 0 Å². The quantitative estimate of drug-likeness (QED) is 0.497. The first-order valence-corrected chi connectivity index (χ1v) is 9.02. The van der Waals surface area contributed by atoms with Gasteiger partial charge in [0.1, 0.15) is 6.04 Å². The molecule has 1 atom stereocenters. The topological polar surface area (TPSA) is 108 Å². The summed E-state index contributed by atoms with van der Waals surface area (Å²) in [6, 6.07) is 7.21. The van der Waals surface area contributed by atoms with E-state index in [1.54, 1.807) is 24.3 Å². The number of amides is 3. The highest BCUT2D eigenvalue weighted by Crippen LogP contribution is 2.27. The molecule has 2 rings (SSSR count). The first kappa shape index (κ1) is 21.1. The average Bonchev–Trinajstić information content (AvgIpc) is 2.92. The Hall–Kier alpha value is -3.21. The number of likely N-dealkylation sites (N-methyl/N-ethyl adjacent to an activating group) is 1. The van der Waals surface area contributed by atoms with Crippen molar-refractivity contribution in [2.45, 2.75) is 32.7 Å². The van der Waals surface area contributed by atoms with Crippen LogP contribution in [0.1, 0.15) is 47.4 Å². The molecule has 0 saturated heterocycles. The Morgan fingerprint density at radius 3 is 2.25 bits per heavy atom. The molecule has 0 N–H and O–H groups in total. The van der Waals surface area contributed by atoms with Crippen LogP contribution in [0.25, 0.3) is 0 Å². The summed E-state index contributed by atoms with van der Waals surface area (Å²) < 4.78 is 5.12. The third kappa shape index (κ3) is 4.55. The number of nitrogens with zero attached hydrogens (tertiary/aromatic N) is 3. The maximum Gasteiger partial charge on any atom is 0.329 e. The molecular formula is C20H23N3O5. The first-order valence-electron chi connectivity index (χ1n) is 9.02. The maximum absolute atomic E-state index is 12.7. The fourth-order valence-electron chi connectivity index (χ4n) is 2.93. The van der Waals surface area contributed by atoms with Gasteiger partial charge in [-0.3, -0.25) is 19.3 Å². The summed E-state index contributed by atoms with van der Waals surface area (Å²) in [6.45, 7) is 3.43. The van der Waals surface area contributed by atoms with Crippen molar-refractivity contribution in [2.24, 2.45) is 5.92 Å². The van der Waals surface area contributed by atoms with Gasteiger partial charge in [-0.05, 0) is 24.5 Å². The SMILES string of the molecule is CC(C)C[C@@H](C(=O)OCC(=O)N(C)CCC#N)N1C(=O)c2ccccc2C1=O. The van der Waals surface area contributed by atoms with E-state index in [1.165, 1.54) is 11.9 Å². The van der Waals surface area contributed by atoms with Crippen LogP contribution in [0, 0.1) is 17.2 Å². The van der Waals surface area contributed by atoms with Crippen molar-refractivity contribution in [2.75, 3.05) is 20.2 Å². The van der Waals surface area contributed by atoms with Gasteiger partial charge >= 0.3 is 5.97 Å². The molecule has 8 heteroatoms. The van der Waals surface area contributed by atoms with Crippen LogP contribution in [0.2, 0.25) is 0 Å². The smallest absolute Gasteiger partial charge is 0.329 e. The van der Waals surface area contributed by atoms with Crippen molar-refractivity contribution < 1.29 is 23.9 Å². The van der Waals surface area contributed by atoms with Gasteiger partial charge in [0.25, 0.3) is 17.7 Å². The van der Waals surface area contributed by atoms with Gasteiger partial charge in [0.05, 0.1) is 23.6 Å². The number of carbonyl (C=O) groups is 4. The molecule has 28 heavy (non-hydrogen) atoms. The standard InChI is InChI=1S/C20H23N3O5/c1-13(2)11-16(20(27)28-12-17(24)22(3)10-6-9-21)23-18(25)14-7-4-5-8-15(14)19(23)26/h4-5,7-8,13,16H,6,10-12H2,1-3H3/t16-/m0/s1. The lowest BCUT2D eigenvalue weighted by atomic mass is 10.0. The molecule has 0 spiro atoms. The highest BCUT2D eigenvalue weighted by molar-refractivity contribution is 6.22. The fourth-order valence-corrected chi connectivity index (χ4v) is 2.93. The minimum atomic E-state index is -1.11. The molecule has 0 saturated carbocycles. The van der Waals surface area contributed by atoms with Crippen LogP contribution in [0.4, 0.5) is 0 Å². The van der Waals surface area contributed by atoms with Crippen molar-refractivity contribution >= 4 is 23.7 Å². The fraction of sp³-hybridized carbons (Fsp3) is 0.450. The highest BCUT2D eigenvalue weighted by atomic mass is 16.5. The molecule has 148 valence electrons. The second-order valence-corrected chi connectivity index (χ2v) is 7.00. The molecule has 1 aliphatic rings. The first-order chi connectivity index (χ1) is 13.3. The molecule has 0 aromatic heterocycles. The normalized spacial score (nSPS) is 13.9. The number of hydrogen-bond acceptors (Lipinski definition) is 6. The monoisotopic (exact) mass is 385 g/mol. The zero-order chi connectivity index (χ0) is 20.8. The summed E-state index contributed by atoms with van der Waals surface area (Å²) in [5, 5.41) is 8.57. The van der Waals surface area contributed by atoms with Crippen molar-refractivity contribution in [3.05, 3.63) is 35.4 Å². The largest absolute Gasteiger partial charge is 0.454 e. The van der Waals surface area contributed by atoms with E-state index in [0.717, 1.165) is 4.90 Å². The van der Waals surface area contributed by atoms with E-state index in [-0.39, 0.29) is 36.4 Å². The van der Waals surface area contributed by atoms with Gasteiger partial charge in [0, 0.05) is 13.6 Å². The number of rotatable bonds is 8. The Balaban J connectivity index is 2.13. The van der Waals surface area contributed by atoms with E-state index in [2.05, 4.69) is 0 Å². The van der Waals surface area contributed by atoms with Crippen molar-refractivity contribution in [1.29, 1.82) is 5.26 Å². The molecule has 1 aliphatic heterocycles. The molecule has 0 bridgehead atoms. The summed E-state index contributed by atoms with van der Waals surface area (Å²) in [5.74, 6) is -2.34. The second-order valence-electron chi connectivity index (χ2n) is 7.00. The van der Waals surface area contributed by atoms with Crippen LogP contribution >= 0.6 is 0 Å². The molecule has 1 heterocycles.